The highest BCUT2D eigenvalue weighted by atomic mass is 79.9. The largest absolute Gasteiger partial charge is 0.351 e. The van der Waals surface area contributed by atoms with Gasteiger partial charge >= 0.3 is 6.03 Å². The molecule has 0 radical (unpaired) electrons. The molecule has 64 heavy (non-hydrogen) atoms. The Morgan fingerprint density at radius 1 is 0.703 bits per heavy atom. The molecule has 1 unspecified atom stereocenters. The lowest BCUT2D eigenvalue weighted by atomic mass is 9.82. The molecule has 1 aromatic carbocycles. The quantitative estimate of drug-likeness (QED) is 0.441. The van der Waals surface area contributed by atoms with Gasteiger partial charge in [0.25, 0.3) is 0 Å². The molecule has 0 spiro atoms. The molecular formula is C28H37BrClN5O2S27. The van der Waals surface area contributed by atoms with E-state index in [0.29, 0.717) is 31.1 Å². The average Bonchev–Trinajstić information content (AvgIpc) is 3.28. The normalized spacial score (nSPS) is 15.1. The second-order valence-electron chi connectivity index (χ2n) is 13.0. The highest BCUT2D eigenvalue weighted by Gasteiger charge is 2.41. The van der Waals surface area contributed by atoms with Crippen molar-refractivity contribution in [3.63, 3.8) is 0 Å². The van der Waals surface area contributed by atoms with Gasteiger partial charge in [0.2, 0.25) is 5.91 Å². The molecule has 2 aliphatic heterocycles. The summed E-state index contributed by atoms with van der Waals surface area (Å²) < 4.78 is 0.941. The molecule has 0 bridgehead atoms. The zero-order valence-electron chi connectivity index (χ0n) is 32.9. The summed E-state index contributed by atoms with van der Waals surface area (Å²) in [7, 11) is 43.6. The highest BCUT2D eigenvalue weighted by Crippen LogP contribution is 2.36. The van der Waals surface area contributed by atoms with Gasteiger partial charge in [-0.3, -0.25) is 14.7 Å². The SMILES string of the molecule is CC(C)(C)[C@H]1CN(C(c2ccc(Cl)cc2)c2ccc(Br)cn2)CCN1C(=O)CC1CCN(C(N)=O)CC1.S=S=S=S=S=S=S=S=S=S=S=S=S=S=S=S=S=S=S=S=S=S=S=S=S=S=S. The predicted molar refractivity (Wildman–Crippen MR) is 349 cm³/mol. The Morgan fingerprint density at radius 2 is 1.14 bits per heavy atom. The Balaban J connectivity index is 0.000000360. The summed E-state index contributed by atoms with van der Waals surface area (Å²) in [5.41, 5.74) is 7.43. The molecule has 362 valence electrons. The minimum atomic E-state index is -0.371. The van der Waals surface area contributed by atoms with E-state index >= 15 is 0 Å². The lowest BCUT2D eigenvalue weighted by Gasteiger charge is -2.49. The summed E-state index contributed by atoms with van der Waals surface area (Å²) >= 11 is 19.3. The number of likely N-dealkylation sites (tertiary alicyclic amines) is 1. The van der Waals surface area contributed by atoms with Gasteiger partial charge in [-0.15, -0.1) is 0 Å². The maximum atomic E-state index is 13.6. The number of rotatable bonds is 5. The van der Waals surface area contributed by atoms with Crippen molar-refractivity contribution in [2.24, 2.45) is 17.1 Å². The number of carbonyl (C=O) groups is 2. The number of hydrogen-bond acceptors (Lipinski definition) is 6. The van der Waals surface area contributed by atoms with Crippen LogP contribution in [0, 0.1) is 11.3 Å². The van der Waals surface area contributed by atoms with Crippen LogP contribution in [0.2, 0.25) is 5.02 Å². The fourth-order valence-electron chi connectivity index (χ4n) is 5.82. The zero-order chi connectivity index (χ0) is 46.4. The fraction of sp³-hybridized carbons (Fsp3) is 0.536. The topological polar surface area (TPSA) is 82.8 Å². The number of nitrogens with two attached hydrogens (primary N) is 1. The molecule has 2 fully saturated rings. The first kappa shape index (κ1) is 62.1. The van der Waals surface area contributed by atoms with E-state index < -0.39 is 0 Å². The summed E-state index contributed by atoms with van der Waals surface area (Å²) in [5.74, 6) is 0.498. The number of carbonyl (C=O) groups excluding carboxylic acids is 2. The molecule has 3 heterocycles. The van der Waals surface area contributed by atoms with Gasteiger partial charge < -0.3 is 15.5 Å². The third kappa shape index (κ3) is 27.2. The molecule has 2 aromatic rings. The van der Waals surface area contributed by atoms with Gasteiger partial charge in [0.05, 0.1) is 11.7 Å². The van der Waals surface area contributed by atoms with Crippen molar-refractivity contribution < 1.29 is 9.59 Å². The summed E-state index contributed by atoms with van der Waals surface area (Å²) in [5, 5.41) is 0.705. The number of amides is 3. The first-order valence-corrected chi connectivity index (χ1v) is 53.1. The van der Waals surface area contributed by atoms with E-state index in [1.165, 1.54) is 17.8 Å². The third-order valence-corrected chi connectivity index (χ3v) is 62.4. The Hall–Kier alpha value is 3.78. The smallest absolute Gasteiger partial charge is 0.314 e. The van der Waals surface area contributed by atoms with E-state index in [-0.39, 0.29) is 35.4 Å². The average molecular weight is 1460 g/mol. The fourth-order valence-corrected chi connectivity index (χ4v) is 69.3. The standard InChI is InChI=1S/C28H37BrClN5O2.S27/c1-28(2,3)24-18-34(14-15-35(24)25(36)16-19-10-12-33(13-11-19)27(31)37)26(20-4-7-22(30)8-5-20)23-9-6-21(29)17-32-23;1-3-5-7-9-11-13-15-17-19-21-23-25-27-26-24-22-20-18-16-14-12-10-8-6-4-2/h4-9,17,19,24,26H,10-16,18H2,1-3H3,(H2,31,37);/t24-,26?;/m1./s1. The lowest BCUT2D eigenvalue weighted by Crippen LogP contribution is -2.60. The molecule has 4 rings (SSSR count). The second kappa shape index (κ2) is 38.4. The van der Waals surface area contributed by atoms with E-state index in [2.05, 4.69) is 64.7 Å². The lowest BCUT2D eigenvalue weighted by molar-refractivity contribution is -0.141. The van der Waals surface area contributed by atoms with Gasteiger partial charge in [-0.25, -0.2) is 4.79 Å². The number of hydrogen-bond donors (Lipinski definition) is 1. The Kier molecular flexibility index (Phi) is 37.2. The molecule has 36 heteroatoms. The molecule has 2 atom stereocenters. The van der Waals surface area contributed by atoms with E-state index in [4.69, 9.17) is 44.7 Å². The van der Waals surface area contributed by atoms with Crippen molar-refractivity contribution >= 4 is 284 Å². The van der Waals surface area contributed by atoms with Crippen molar-refractivity contribution in [2.45, 2.75) is 52.1 Å². The van der Waals surface area contributed by atoms with Crippen LogP contribution in [0.5, 0.6) is 0 Å². The van der Waals surface area contributed by atoms with Crippen LogP contribution in [-0.4, -0.2) is 70.4 Å². The summed E-state index contributed by atoms with van der Waals surface area (Å²) in [6.45, 7) is 10.1. The van der Waals surface area contributed by atoms with Gasteiger partial charge in [-0.05, 0) is 69.9 Å². The van der Waals surface area contributed by atoms with Gasteiger partial charge in [-0.2, -0.15) is 0 Å². The summed E-state index contributed by atoms with van der Waals surface area (Å²) in [6, 6.07) is 11.7. The second-order valence-corrected chi connectivity index (χ2v) is 58.6. The molecule has 0 aliphatic carbocycles. The number of pyridine rings is 1. The number of nitrogens with zero attached hydrogens (tertiary/aromatic N) is 4. The Labute approximate surface area is 469 Å². The van der Waals surface area contributed by atoms with Crippen LogP contribution in [0.1, 0.15) is 57.3 Å². The van der Waals surface area contributed by atoms with Crippen LogP contribution in [-0.2, 0) is 249 Å². The van der Waals surface area contributed by atoms with Crippen LogP contribution in [0.4, 0.5) is 4.79 Å². The van der Waals surface area contributed by atoms with Crippen molar-refractivity contribution in [2.75, 3.05) is 32.7 Å². The van der Waals surface area contributed by atoms with Crippen LogP contribution in [0.25, 0.3) is 0 Å². The first-order valence-electron chi connectivity index (χ1n) is 17.3. The van der Waals surface area contributed by atoms with Crippen LogP contribution in [0.15, 0.2) is 47.1 Å². The van der Waals surface area contributed by atoms with Crippen molar-refractivity contribution in [3.8, 4) is 0 Å². The summed E-state index contributed by atoms with van der Waals surface area (Å²) in [4.78, 5) is 36.0. The zero-order valence-corrected chi connectivity index (χ0v) is 57.3. The molecule has 2 aliphatic rings. The van der Waals surface area contributed by atoms with Crippen LogP contribution in [0.3, 0.4) is 0 Å². The maximum absolute atomic E-state index is 13.6. The van der Waals surface area contributed by atoms with Gasteiger partial charge in [-0.1, -0.05) is 44.5 Å². The number of urea groups is 1. The Bertz CT molecular complexity index is 2950. The minimum absolute atomic E-state index is 0.0365. The van der Waals surface area contributed by atoms with E-state index in [1.807, 2.05) is 104 Å². The number of piperazine rings is 1. The van der Waals surface area contributed by atoms with Crippen molar-refractivity contribution in [3.05, 3.63) is 63.3 Å². The van der Waals surface area contributed by atoms with Gasteiger partial charge in [0.1, 0.15) is 0 Å². The van der Waals surface area contributed by atoms with Crippen LogP contribution >= 0.6 is 27.5 Å². The molecule has 1 aromatic heterocycles. The minimum Gasteiger partial charge on any atom is -0.351 e. The number of piperidine rings is 1. The molecule has 2 N–H and O–H groups in total. The summed E-state index contributed by atoms with van der Waals surface area (Å²) in [6.07, 6.45) is 4.00. The molecule has 7 nitrogen and oxygen atoms in total. The number of aromatic nitrogens is 1. The molecule has 3 amide bonds. The number of primary amides is 1. The third-order valence-electron chi connectivity index (χ3n) is 8.37. The highest BCUT2D eigenvalue weighted by molar-refractivity contribution is 9.10. The molecule has 0 saturated carbocycles. The van der Waals surface area contributed by atoms with Crippen molar-refractivity contribution in [1.29, 1.82) is 0 Å². The van der Waals surface area contributed by atoms with E-state index in [0.717, 1.165) is 41.7 Å². The number of benzene rings is 1. The van der Waals surface area contributed by atoms with Gasteiger partial charge in [0, 0.05) is 305 Å². The van der Waals surface area contributed by atoms with Crippen molar-refractivity contribution in [1.82, 2.24) is 19.7 Å². The van der Waals surface area contributed by atoms with E-state index in [1.54, 1.807) is 129 Å². The molecule has 2 saturated heterocycles. The maximum Gasteiger partial charge on any atom is 0.314 e. The van der Waals surface area contributed by atoms with E-state index in [9.17, 15) is 9.59 Å². The first-order chi connectivity index (χ1) is 30.9. The van der Waals surface area contributed by atoms with Gasteiger partial charge in [0.15, 0.2) is 0 Å². The predicted octanol–water partition coefficient (Wildman–Crippen LogP) is 5.26. The number of halogens is 2. The van der Waals surface area contributed by atoms with Crippen LogP contribution < -0.4 is 5.73 Å². The Morgan fingerprint density at radius 3 is 1.52 bits per heavy atom. The molecular weight excluding hydrogens is 1420 g/mol. The monoisotopic (exact) mass is 1450 g/mol.